The first-order chi connectivity index (χ1) is 11.1. The molecule has 0 saturated carbocycles. The normalized spacial score (nSPS) is 9.43. The van der Waals surface area contributed by atoms with Crippen LogP contribution in [0.3, 0.4) is 0 Å². The molecule has 2 aromatic rings. The molecule has 7 heteroatoms. The average Bonchev–Trinajstić information content (AvgIpc) is 2.57. The van der Waals surface area contributed by atoms with Gasteiger partial charge in [-0.1, -0.05) is 13.3 Å². The Bertz CT molecular complexity index is 632. The smallest absolute Gasteiger partial charge is 0.339 e. The number of carbonyl (C=O) groups excluding carboxylic acids is 1. The fraction of sp³-hybridized carbons (Fsp3) is 0.250. The first-order valence-corrected chi connectivity index (χ1v) is 7.18. The second kappa shape index (κ2) is 9.88. The van der Waals surface area contributed by atoms with Crippen molar-refractivity contribution >= 4 is 17.7 Å². The molecule has 0 aliphatic carbocycles. The number of nitrogens with zero attached hydrogens (tertiary/aromatic N) is 2. The van der Waals surface area contributed by atoms with Gasteiger partial charge in [0, 0.05) is 25.1 Å². The van der Waals surface area contributed by atoms with Crippen LogP contribution in [0.15, 0.2) is 42.9 Å². The predicted molar refractivity (Wildman–Crippen MR) is 87.3 cm³/mol. The predicted octanol–water partition coefficient (Wildman–Crippen LogP) is 2.17. The Morgan fingerprint density at radius 1 is 1.26 bits per heavy atom. The minimum Gasteiger partial charge on any atom is -0.478 e. The summed E-state index contributed by atoms with van der Waals surface area (Å²) < 4.78 is 0. The fourth-order valence-corrected chi connectivity index (χ4v) is 1.61. The third kappa shape index (κ3) is 6.56. The van der Waals surface area contributed by atoms with Gasteiger partial charge >= 0.3 is 5.97 Å². The molecule has 0 aliphatic heterocycles. The molecule has 2 rings (SSSR count). The summed E-state index contributed by atoms with van der Waals surface area (Å²) in [5.41, 5.74) is 5.60. The largest absolute Gasteiger partial charge is 0.478 e. The highest BCUT2D eigenvalue weighted by molar-refractivity contribution is 5.93. The number of nitrogens with one attached hydrogen (secondary N) is 1. The molecule has 7 nitrogen and oxygen atoms in total. The minimum absolute atomic E-state index is 0.226. The summed E-state index contributed by atoms with van der Waals surface area (Å²) in [5.74, 6) is -0.936. The molecule has 122 valence electrons. The second-order valence-corrected chi connectivity index (χ2v) is 4.59. The maximum atomic E-state index is 10.8. The Morgan fingerprint density at radius 3 is 2.52 bits per heavy atom. The first kappa shape index (κ1) is 18.1. The molecule has 0 bridgehead atoms. The van der Waals surface area contributed by atoms with Gasteiger partial charge < -0.3 is 16.2 Å². The van der Waals surface area contributed by atoms with Crippen molar-refractivity contribution in [3.05, 3.63) is 54.0 Å². The molecule has 2 aromatic heterocycles. The molecule has 1 amide bonds. The quantitative estimate of drug-likeness (QED) is 0.703. The molecule has 0 atom stereocenters. The van der Waals surface area contributed by atoms with E-state index in [1.54, 1.807) is 36.7 Å². The topological polar surface area (TPSA) is 118 Å². The zero-order valence-electron chi connectivity index (χ0n) is 12.9. The Labute approximate surface area is 134 Å². The number of carboxylic acid groups (broad SMARTS) is 1. The molecule has 4 N–H and O–H groups in total. The lowest BCUT2D eigenvalue weighted by molar-refractivity contribution is 0.0697. The number of pyridine rings is 2. The monoisotopic (exact) mass is 316 g/mol. The molecule has 0 radical (unpaired) electrons. The van der Waals surface area contributed by atoms with Gasteiger partial charge in [-0.3, -0.25) is 9.78 Å². The van der Waals surface area contributed by atoms with E-state index >= 15 is 0 Å². The SMILES string of the molecule is CCCCNc1ncccc1C(=O)O.NC(=O)c1cccnc1. The molecule has 0 saturated heterocycles. The van der Waals surface area contributed by atoms with E-state index in [1.165, 1.54) is 6.20 Å². The number of anilines is 1. The number of hydrogen-bond acceptors (Lipinski definition) is 5. The van der Waals surface area contributed by atoms with E-state index in [4.69, 9.17) is 10.8 Å². The van der Waals surface area contributed by atoms with E-state index in [0.29, 0.717) is 11.4 Å². The highest BCUT2D eigenvalue weighted by Gasteiger charge is 2.08. The van der Waals surface area contributed by atoms with Gasteiger partial charge in [-0.15, -0.1) is 0 Å². The van der Waals surface area contributed by atoms with E-state index in [2.05, 4.69) is 22.2 Å². The molecule has 0 aliphatic rings. The van der Waals surface area contributed by atoms with Crippen LogP contribution in [0.25, 0.3) is 0 Å². The maximum Gasteiger partial charge on any atom is 0.339 e. The van der Waals surface area contributed by atoms with Crippen LogP contribution >= 0.6 is 0 Å². The Hall–Kier alpha value is -2.96. The van der Waals surface area contributed by atoms with Crippen molar-refractivity contribution in [2.75, 3.05) is 11.9 Å². The Balaban J connectivity index is 0.000000253. The van der Waals surface area contributed by atoms with Crippen molar-refractivity contribution in [2.24, 2.45) is 5.73 Å². The third-order valence-electron chi connectivity index (χ3n) is 2.81. The van der Waals surface area contributed by atoms with Crippen LogP contribution < -0.4 is 11.1 Å². The number of aromatic carboxylic acids is 1. The van der Waals surface area contributed by atoms with Gasteiger partial charge in [0.15, 0.2) is 0 Å². The maximum absolute atomic E-state index is 10.8. The lowest BCUT2D eigenvalue weighted by Crippen LogP contribution is -2.10. The number of amides is 1. The van der Waals surface area contributed by atoms with Gasteiger partial charge in [-0.25, -0.2) is 9.78 Å². The fourth-order valence-electron chi connectivity index (χ4n) is 1.61. The highest BCUT2D eigenvalue weighted by Crippen LogP contribution is 2.10. The number of primary amides is 1. The van der Waals surface area contributed by atoms with Crippen LogP contribution in [0.2, 0.25) is 0 Å². The lowest BCUT2D eigenvalue weighted by Gasteiger charge is -2.06. The van der Waals surface area contributed by atoms with Crippen molar-refractivity contribution in [1.29, 1.82) is 0 Å². The number of unbranched alkanes of at least 4 members (excludes halogenated alkanes) is 1. The number of nitrogens with two attached hydrogens (primary N) is 1. The van der Waals surface area contributed by atoms with Crippen molar-refractivity contribution in [3.63, 3.8) is 0 Å². The minimum atomic E-state index is -0.947. The van der Waals surface area contributed by atoms with E-state index in [1.807, 2.05) is 0 Å². The van der Waals surface area contributed by atoms with Crippen LogP contribution in [0.4, 0.5) is 5.82 Å². The van der Waals surface area contributed by atoms with Crippen LogP contribution in [-0.4, -0.2) is 33.5 Å². The first-order valence-electron chi connectivity index (χ1n) is 7.18. The summed E-state index contributed by atoms with van der Waals surface area (Å²) in [6.07, 6.45) is 6.69. The zero-order chi connectivity index (χ0) is 17.1. The van der Waals surface area contributed by atoms with Crippen molar-refractivity contribution in [1.82, 2.24) is 9.97 Å². The molecule has 0 unspecified atom stereocenters. The van der Waals surface area contributed by atoms with E-state index < -0.39 is 11.9 Å². The molecular weight excluding hydrogens is 296 g/mol. The summed E-state index contributed by atoms with van der Waals surface area (Å²) >= 11 is 0. The molecular formula is C16H20N4O3. The van der Waals surface area contributed by atoms with Gasteiger partial charge in [0.25, 0.3) is 0 Å². The summed E-state index contributed by atoms with van der Waals surface area (Å²) in [7, 11) is 0. The average molecular weight is 316 g/mol. The lowest BCUT2D eigenvalue weighted by atomic mass is 10.2. The van der Waals surface area contributed by atoms with Crippen LogP contribution in [-0.2, 0) is 0 Å². The van der Waals surface area contributed by atoms with Crippen LogP contribution in [0.5, 0.6) is 0 Å². The van der Waals surface area contributed by atoms with Gasteiger partial charge in [-0.05, 0) is 30.7 Å². The molecule has 0 fully saturated rings. The van der Waals surface area contributed by atoms with Crippen LogP contribution in [0, 0.1) is 0 Å². The summed E-state index contributed by atoms with van der Waals surface area (Å²) in [5, 5.41) is 11.8. The second-order valence-electron chi connectivity index (χ2n) is 4.59. The van der Waals surface area contributed by atoms with Gasteiger partial charge in [0.2, 0.25) is 5.91 Å². The number of aromatic nitrogens is 2. The van der Waals surface area contributed by atoms with Gasteiger partial charge in [0.1, 0.15) is 11.4 Å². The molecule has 0 aromatic carbocycles. The van der Waals surface area contributed by atoms with E-state index in [-0.39, 0.29) is 5.56 Å². The van der Waals surface area contributed by atoms with Crippen molar-refractivity contribution in [2.45, 2.75) is 19.8 Å². The molecule has 0 spiro atoms. The summed E-state index contributed by atoms with van der Waals surface area (Å²) in [4.78, 5) is 28.8. The van der Waals surface area contributed by atoms with E-state index in [0.717, 1.165) is 19.4 Å². The number of rotatable bonds is 6. The Kier molecular flexibility index (Phi) is 7.77. The third-order valence-corrected chi connectivity index (χ3v) is 2.81. The summed E-state index contributed by atoms with van der Waals surface area (Å²) in [6.45, 7) is 2.84. The van der Waals surface area contributed by atoms with Crippen molar-refractivity contribution < 1.29 is 14.7 Å². The Morgan fingerprint density at radius 2 is 2.00 bits per heavy atom. The standard InChI is InChI=1S/C10H14N2O2.C6H6N2O/c1-2-3-6-11-9-8(10(13)14)5-4-7-12-9;7-6(9)5-2-1-3-8-4-5/h4-5,7H,2-3,6H2,1H3,(H,11,12)(H,13,14);1-4H,(H2,7,9). The van der Waals surface area contributed by atoms with Gasteiger partial charge in [0.05, 0.1) is 5.56 Å². The number of hydrogen-bond donors (Lipinski definition) is 3. The summed E-state index contributed by atoms with van der Waals surface area (Å²) in [6, 6.07) is 6.45. The zero-order valence-corrected chi connectivity index (χ0v) is 12.9. The molecule has 2 heterocycles. The van der Waals surface area contributed by atoms with Crippen molar-refractivity contribution in [3.8, 4) is 0 Å². The highest BCUT2D eigenvalue weighted by atomic mass is 16.4. The van der Waals surface area contributed by atoms with E-state index in [9.17, 15) is 9.59 Å². The number of carboxylic acids is 1. The number of carbonyl (C=O) groups is 2. The van der Waals surface area contributed by atoms with Crippen LogP contribution in [0.1, 0.15) is 40.5 Å². The molecule has 23 heavy (non-hydrogen) atoms. The van der Waals surface area contributed by atoms with Gasteiger partial charge in [-0.2, -0.15) is 0 Å².